The Morgan fingerprint density at radius 3 is 2.03 bits per heavy atom. The van der Waals surface area contributed by atoms with Crippen molar-refractivity contribution in [3.8, 4) is 17.2 Å². The number of hydrogen-bond donors (Lipinski definition) is 1. The van der Waals surface area contributed by atoms with Crippen molar-refractivity contribution in [3.05, 3.63) is 48.0 Å². The molecule has 0 aliphatic carbocycles. The van der Waals surface area contributed by atoms with Gasteiger partial charge in [0.2, 0.25) is 0 Å². The standard InChI is InChI=1S/C23H32O5S.K/c1-2-3-4-5-6-7-8-9-11-14-19-17-22(28-20-15-12-10-13-16-20)21(24)18-23(19)29(25,26)27;/h10,12-13,15-18,24H,2-9,11,14H2,1H3,(H,25,26,27);/q;+1/p-1. The number of unbranched alkanes of at least 4 members (excludes halogenated alkanes) is 8. The van der Waals surface area contributed by atoms with Gasteiger partial charge in [0.15, 0.2) is 0 Å². The molecule has 2 aromatic rings. The fraction of sp³-hybridized carbons (Fsp3) is 0.478. The van der Waals surface area contributed by atoms with E-state index >= 15 is 0 Å². The summed E-state index contributed by atoms with van der Waals surface area (Å²) in [5, 5.41) is 12.3. The van der Waals surface area contributed by atoms with Crippen molar-refractivity contribution in [3.63, 3.8) is 0 Å². The summed E-state index contributed by atoms with van der Waals surface area (Å²) in [6.07, 6.45) is 10.8. The Hall–Kier alpha value is -0.414. The summed E-state index contributed by atoms with van der Waals surface area (Å²) in [7, 11) is -4.46. The Morgan fingerprint density at radius 1 is 0.900 bits per heavy atom. The summed E-state index contributed by atoms with van der Waals surface area (Å²) in [5.74, 6) is -0.00920. The van der Waals surface area contributed by atoms with E-state index in [-0.39, 0.29) is 62.0 Å². The molecule has 0 heterocycles. The van der Waals surface area contributed by atoms with Crippen LogP contribution in [0.1, 0.15) is 70.3 Å². The van der Waals surface area contributed by atoms with Crippen molar-refractivity contribution < 1.29 is 74.2 Å². The van der Waals surface area contributed by atoms with Crippen LogP contribution in [0, 0.1) is 0 Å². The second-order valence-electron chi connectivity index (χ2n) is 7.38. The molecule has 2 rings (SSSR count). The van der Waals surface area contributed by atoms with E-state index in [4.69, 9.17) is 4.74 Å². The largest absolute Gasteiger partial charge is 1.00 e. The molecule has 0 aromatic heterocycles. The first kappa shape index (κ1) is 27.6. The Balaban J connectivity index is 0.00000450. The van der Waals surface area contributed by atoms with Crippen molar-refractivity contribution >= 4 is 10.1 Å². The van der Waals surface area contributed by atoms with Gasteiger partial charge in [0.1, 0.15) is 11.5 Å². The van der Waals surface area contributed by atoms with Gasteiger partial charge in [-0.1, -0.05) is 82.2 Å². The van der Waals surface area contributed by atoms with Crippen molar-refractivity contribution in [2.24, 2.45) is 0 Å². The Bertz CT molecular complexity index is 853. The zero-order chi connectivity index (χ0) is 21.1. The summed E-state index contributed by atoms with van der Waals surface area (Å²) in [5.41, 5.74) is 0.418. The van der Waals surface area contributed by atoms with E-state index in [0.717, 1.165) is 25.3 Å². The van der Waals surface area contributed by atoms with Gasteiger partial charge in [0.05, 0.1) is 4.90 Å². The minimum atomic E-state index is -4.46. The summed E-state index contributed by atoms with van der Waals surface area (Å²) >= 11 is 0. The van der Waals surface area contributed by atoms with E-state index in [1.807, 2.05) is 6.07 Å². The van der Waals surface area contributed by atoms with E-state index < -0.39 is 15.9 Å². The molecule has 0 amide bonds. The molecule has 0 bridgehead atoms. The summed E-state index contributed by atoms with van der Waals surface area (Å²) in [4.78, 5) is -0.317. The molecule has 2 aromatic carbocycles. The molecular weight excluding hydrogens is 427 g/mol. The topological polar surface area (TPSA) is 86.7 Å². The van der Waals surface area contributed by atoms with Crippen LogP contribution in [-0.2, 0) is 16.5 Å². The average Bonchev–Trinajstić information content (AvgIpc) is 2.68. The monoisotopic (exact) mass is 458 g/mol. The predicted molar refractivity (Wildman–Crippen MR) is 113 cm³/mol. The van der Waals surface area contributed by atoms with Gasteiger partial charge in [-0.05, 0) is 42.7 Å². The second kappa shape index (κ2) is 14.6. The molecule has 0 spiro atoms. The molecule has 7 heteroatoms. The van der Waals surface area contributed by atoms with Crippen LogP contribution < -0.4 is 61.2 Å². The molecule has 5 nitrogen and oxygen atoms in total. The summed E-state index contributed by atoms with van der Waals surface area (Å²) < 4.78 is 38.6. The van der Waals surface area contributed by atoms with E-state index in [2.05, 4.69) is 6.92 Å². The first-order chi connectivity index (χ1) is 13.9. The molecule has 0 saturated heterocycles. The molecule has 0 saturated carbocycles. The number of para-hydroxylation sites is 1. The molecule has 160 valence electrons. The Labute approximate surface area is 223 Å². The summed E-state index contributed by atoms with van der Waals surface area (Å²) in [6, 6.07) is 11.2. The van der Waals surface area contributed by atoms with Crippen molar-refractivity contribution in [2.45, 2.75) is 76.0 Å². The predicted octanol–water partition coefficient (Wildman–Crippen LogP) is 2.88. The van der Waals surface area contributed by atoms with Crippen LogP contribution in [0.3, 0.4) is 0 Å². The van der Waals surface area contributed by atoms with Gasteiger partial charge in [-0.25, -0.2) is 0 Å². The Kier molecular flexibility index (Phi) is 13.5. The van der Waals surface area contributed by atoms with Crippen molar-refractivity contribution in [1.82, 2.24) is 0 Å². The summed E-state index contributed by atoms with van der Waals surface area (Å²) in [6.45, 7) is 2.20. The van der Waals surface area contributed by atoms with Crippen LogP contribution in [0.4, 0.5) is 0 Å². The normalized spacial score (nSPS) is 11.1. The van der Waals surface area contributed by atoms with Gasteiger partial charge >= 0.3 is 51.4 Å². The Morgan fingerprint density at radius 2 is 1.47 bits per heavy atom. The van der Waals surface area contributed by atoms with Crippen molar-refractivity contribution in [2.75, 3.05) is 0 Å². The van der Waals surface area contributed by atoms with Crippen LogP contribution in [0.15, 0.2) is 47.4 Å². The maximum atomic E-state index is 12.3. The number of benzene rings is 2. The molecule has 0 unspecified atom stereocenters. The fourth-order valence-electron chi connectivity index (χ4n) is 3.34. The molecule has 0 atom stereocenters. The molecule has 0 radical (unpaired) electrons. The van der Waals surface area contributed by atoms with Gasteiger partial charge in [0.25, 0.3) is 10.1 Å². The fourth-order valence-corrected chi connectivity index (χ4v) is 4.09. The van der Waals surface area contributed by atoms with Crippen LogP contribution in [0.25, 0.3) is 0 Å². The quantitative estimate of drug-likeness (QED) is 0.283. The molecule has 0 aliphatic rings. The van der Waals surface area contributed by atoms with Gasteiger partial charge in [-0.3, -0.25) is 4.55 Å². The third-order valence-electron chi connectivity index (χ3n) is 4.93. The van der Waals surface area contributed by atoms with Crippen molar-refractivity contribution in [1.29, 1.82) is 0 Å². The number of ether oxygens (including phenoxy) is 1. The molecule has 30 heavy (non-hydrogen) atoms. The van der Waals surface area contributed by atoms with Gasteiger partial charge in [-0.2, -0.15) is 8.42 Å². The first-order valence-corrected chi connectivity index (χ1v) is 11.9. The van der Waals surface area contributed by atoms with E-state index in [1.165, 1.54) is 44.6 Å². The number of hydrogen-bond acceptors (Lipinski definition) is 4. The van der Waals surface area contributed by atoms with Crippen LogP contribution in [-0.4, -0.2) is 13.0 Å². The SMILES string of the molecule is CCCCCCCCCCCc1cc(Oc2ccccc2)c([O-])cc1S(=O)(=O)O.[K+]. The van der Waals surface area contributed by atoms with E-state index in [0.29, 0.717) is 17.7 Å². The second-order valence-corrected chi connectivity index (χ2v) is 8.77. The van der Waals surface area contributed by atoms with Crippen LogP contribution in [0.5, 0.6) is 17.2 Å². The minimum absolute atomic E-state index is 0. The first-order valence-electron chi connectivity index (χ1n) is 10.5. The molecule has 0 aliphatic heterocycles. The average molecular weight is 459 g/mol. The molecule has 0 fully saturated rings. The van der Waals surface area contributed by atoms with Crippen LogP contribution >= 0.6 is 0 Å². The maximum Gasteiger partial charge on any atom is 1.00 e. The molecular formula is C23H31KO5S. The van der Waals surface area contributed by atoms with Gasteiger partial charge in [0, 0.05) is 0 Å². The molecule has 1 N–H and O–H groups in total. The zero-order valence-corrected chi connectivity index (χ0v) is 22.0. The smallest absolute Gasteiger partial charge is 0.870 e. The third-order valence-corrected chi connectivity index (χ3v) is 5.86. The zero-order valence-electron chi connectivity index (χ0n) is 18.1. The van der Waals surface area contributed by atoms with E-state index in [9.17, 15) is 18.1 Å². The number of rotatable bonds is 13. The van der Waals surface area contributed by atoms with E-state index in [1.54, 1.807) is 24.3 Å². The minimum Gasteiger partial charge on any atom is -0.870 e. The van der Waals surface area contributed by atoms with Gasteiger partial charge in [-0.15, -0.1) is 0 Å². The van der Waals surface area contributed by atoms with Crippen LogP contribution in [0.2, 0.25) is 0 Å². The van der Waals surface area contributed by atoms with Gasteiger partial charge < -0.3 is 9.84 Å². The maximum absolute atomic E-state index is 12.3. The number of aryl methyl sites for hydroxylation is 1. The third kappa shape index (κ3) is 9.81.